The summed E-state index contributed by atoms with van der Waals surface area (Å²) in [5.41, 5.74) is 2.77. The second kappa shape index (κ2) is 7.36. The van der Waals surface area contributed by atoms with Crippen LogP contribution >= 0.6 is 11.3 Å². The monoisotopic (exact) mass is 391 g/mol. The predicted molar refractivity (Wildman–Crippen MR) is 111 cm³/mol. The van der Waals surface area contributed by atoms with Crippen LogP contribution in [0.4, 0.5) is 0 Å². The van der Waals surface area contributed by atoms with E-state index in [1.54, 1.807) is 11.3 Å². The molecule has 6 heteroatoms. The van der Waals surface area contributed by atoms with Crippen LogP contribution in [0.3, 0.4) is 0 Å². The fourth-order valence-corrected chi connectivity index (χ4v) is 4.81. The summed E-state index contributed by atoms with van der Waals surface area (Å²) in [6.45, 7) is 1.53. The molecule has 5 nitrogen and oxygen atoms in total. The number of nitrogens with zero attached hydrogens (tertiary/aromatic N) is 3. The number of aromatic nitrogens is 2. The first-order chi connectivity index (χ1) is 13.8. The highest BCUT2D eigenvalue weighted by molar-refractivity contribution is 7.18. The fourth-order valence-electron chi connectivity index (χ4n) is 3.84. The van der Waals surface area contributed by atoms with Crippen LogP contribution in [0.5, 0.6) is 0 Å². The van der Waals surface area contributed by atoms with E-state index < -0.39 is 0 Å². The Morgan fingerprint density at radius 1 is 1.04 bits per heavy atom. The number of aryl methyl sites for hydroxylation is 1. The van der Waals surface area contributed by atoms with Crippen LogP contribution in [0.15, 0.2) is 52.9 Å². The van der Waals surface area contributed by atoms with Gasteiger partial charge in [0.15, 0.2) is 11.5 Å². The Morgan fingerprint density at radius 3 is 2.57 bits per heavy atom. The van der Waals surface area contributed by atoms with Crippen molar-refractivity contribution in [2.45, 2.75) is 31.6 Å². The molecule has 2 aromatic heterocycles. The zero-order valence-electron chi connectivity index (χ0n) is 15.5. The van der Waals surface area contributed by atoms with Crippen LogP contribution in [-0.2, 0) is 11.2 Å². The lowest BCUT2D eigenvalue weighted by atomic mass is 9.96. The fraction of sp³-hybridized carbons (Fsp3) is 0.318. The number of fused-ring (bicyclic) bond motifs is 2. The summed E-state index contributed by atoms with van der Waals surface area (Å²) >= 11 is 1.68. The molecule has 28 heavy (non-hydrogen) atoms. The van der Waals surface area contributed by atoms with E-state index in [9.17, 15) is 4.79 Å². The topological polar surface area (TPSA) is 59.2 Å². The van der Waals surface area contributed by atoms with E-state index in [0.717, 1.165) is 53.4 Å². The van der Waals surface area contributed by atoms with E-state index >= 15 is 0 Å². The highest BCUT2D eigenvalue weighted by Crippen LogP contribution is 2.30. The first-order valence-corrected chi connectivity index (χ1v) is 10.6. The summed E-state index contributed by atoms with van der Waals surface area (Å²) in [6.07, 6.45) is 3.04. The molecule has 0 atom stereocenters. The molecule has 3 heterocycles. The summed E-state index contributed by atoms with van der Waals surface area (Å²) < 4.78 is 7.10. The van der Waals surface area contributed by atoms with Crippen LogP contribution in [-0.4, -0.2) is 33.9 Å². The molecular formula is C22H21N3O2S. The molecule has 0 N–H and O–H groups in total. The number of piperidine rings is 1. The predicted octanol–water partition coefficient (Wildman–Crippen LogP) is 4.78. The van der Waals surface area contributed by atoms with Gasteiger partial charge in [0, 0.05) is 31.8 Å². The van der Waals surface area contributed by atoms with Gasteiger partial charge in [-0.2, -0.15) is 0 Å². The van der Waals surface area contributed by atoms with Crippen molar-refractivity contribution in [3.05, 3.63) is 59.4 Å². The SMILES string of the molecule is O=C(CCc1nc2ccccc2s1)N1CCC(c2nc3ccccc3o2)CC1. The summed E-state index contributed by atoms with van der Waals surface area (Å²) in [5.74, 6) is 1.32. The Labute approximate surface area is 167 Å². The number of oxazole rings is 1. The number of carbonyl (C=O) groups is 1. The molecule has 1 saturated heterocycles. The normalized spacial score (nSPS) is 15.5. The molecule has 5 rings (SSSR count). The lowest BCUT2D eigenvalue weighted by molar-refractivity contribution is -0.132. The van der Waals surface area contributed by atoms with Crippen LogP contribution < -0.4 is 0 Å². The Morgan fingerprint density at radius 2 is 1.79 bits per heavy atom. The van der Waals surface area contributed by atoms with Gasteiger partial charge >= 0.3 is 0 Å². The van der Waals surface area contributed by atoms with Crippen molar-refractivity contribution in [2.75, 3.05) is 13.1 Å². The van der Waals surface area contributed by atoms with Crippen molar-refractivity contribution in [2.24, 2.45) is 0 Å². The largest absolute Gasteiger partial charge is 0.440 e. The number of para-hydroxylation sites is 3. The zero-order chi connectivity index (χ0) is 18.9. The summed E-state index contributed by atoms with van der Waals surface area (Å²) in [6, 6.07) is 16.0. The number of hydrogen-bond donors (Lipinski definition) is 0. The number of hydrogen-bond acceptors (Lipinski definition) is 5. The maximum atomic E-state index is 12.6. The van der Waals surface area contributed by atoms with E-state index in [-0.39, 0.29) is 5.91 Å². The number of rotatable bonds is 4. The van der Waals surface area contributed by atoms with Crippen molar-refractivity contribution in [3.63, 3.8) is 0 Å². The van der Waals surface area contributed by atoms with E-state index in [1.165, 1.54) is 4.70 Å². The molecule has 1 amide bonds. The first kappa shape index (κ1) is 17.4. The van der Waals surface area contributed by atoms with Crippen molar-refractivity contribution >= 4 is 38.6 Å². The summed E-state index contributed by atoms with van der Waals surface area (Å²) in [4.78, 5) is 23.9. The minimum Gasteiger partial charge on any atom is -0.440 e. The third-order valence-corrected chi connectivity index (χ3v) is 6.49. The molecule has 0 radical (unpaired) electrons. The Bertz CT molecular complexity index is 1060. The lowest BCUT2D eigenvalue weighted by Crippen LogP contribution is -2.38. The molecule has 142 valence electrons. The van der Waals surface area contributed by atoms with Gasteiger partial charge in [0.2, 0.25) is 5.91 Å². The molecule has 0 bridgehead atoms. The van der Waals surface area contributed by atoms with Crippen molar-refractivity contribution in [3.8, 4) is 0 Å². The van der Waals surface area contributed by atoms with Crippen LogP contribution in [0.2, 0.25) is 0 Å². The molecular weight excluding hydrogens is 370 g/mol. The number of carbonyl (C=O) groups excluding carboxylic acids is 1. The molecule has 0 spiro atoms. The maximum absolute atomic E-state index is 12.6. The van der Waals surface area contributed by atoms with Gasteiger partial charge in [-0.1, -0.05) is 24.3 Å². The Balaban J connectivity index is 1.17. The third-order valence-electron chi connectivity index (χ3n) is 5.40. The second-order valence-corrected chi connectivity index (χ2v) is 8.37. The molecule has 0 saturated carbocycles. The number of likely N-dealkylation sites (tertiary alicyclic amines) is 1. The van der Waals surface area contributed by atoms with E-state index in [0.29, 0.717) is 18.8 Å². The van der Waals surface area contributed by atoms with E-state index in [1.807, 2.05) is 47.4 Å². The second-order valence-electron chi connectivity index (χ2n) is 7.25. The van der Waals surface area contributed by atoms with Gasteiger partial charge in [0.05, 0.1) is 15.2 Å². The molecule has 1 aliphatic heterocycles. The zero-order valence-corrected chi connectivity index (χ0v) is 16.3. The molecule has 0 unspecified atom stereocenters. The van der Waals surface area contributed by atoms with Gasteiger partial charge in [-0.15, -0.1) is 11.3 Å². The molecule has 1 fully saturated rings. The highest BCUT2D eigenvalue weighted by atomic mass is 32.1. The van der Waals surface area contributed by atoms with Crippen molar-refractivity contribution < 1.29 is 9.21 Å². The smallest absolute Gasteiger partial charge is 0.222 e. The molecule has 4 aromatic rings. The van der Waals surface area contributed by atoms with Gasteiger partial charge in [-0.3, -0.25) is 4.79 Å². The number of benzene rings is 2. The van der Waals surface area contributed by atoms with Crippen molar-refractivity contribution in [1.29, 1.82) is 0 Å². The van der Waals surface area contributed by atoms with E-state index in [4.69, 9.17) is 4.42 Å². The van der Waals surface area contributed by atoms with E-state index in [2.05, 4.69) is 16.0 Å². The highest BCUT2D eigenvalue weighted by Gasteiger charge is 2.27. The van der Waals surface area contributed by atoms with Gasteiger partial charge in [0.25, 0.3) is 0 Å². The molecule has 0 aliphatic carbocycles. The lowest BCUT2D eigenvalue weighted by Gasteiger charge is -2.30. The van der Waals surface area contributed by atoms with Crippen LogP contribution in [0.25, 0.3) is 21.3 Å². The van der Waals surface area contributed by atoms with Crippen molar-refractivity contribution in [1.82, 2.24) is 14.9 Å². The molecule has 2 aromatic carbocycles. The van der Waals surface area contributed by atoms with Crippen LogP contribution in [0, 0.1) is 0 Å². The summed E-state index contributed by atoms with van der Waals surface area (Å²) in [5, 5.41) is 1.04. The minimum atomic E-state index is 0.218. The average Bonchev–Trinajstić information content (AvgIpc) is 3.35. The quantitative estimate of drug-likeness (QED) is 0.502. The van der Waals surface area contributed by atoms with Gasteiger partial charge < -0.3 is 9.32 Å². The standard InChI is InChI=1S/C22H21N3O2S/c26-21(10-9-20-23-17-6-2-4-8-19(17)28-20)25-13-11-15(12-14-25)22-24-16-5-1-3-7-18(16)27-22/h1-8,15H,9-14H2. The van der Waals surface area contributed by atoms with Gasteiger partial charge in [-0.25, -0.2) is 9.97 Å². The average molecular weight is 391 g/mol. The summed E-state index contributed by atoms with van der Waals surface area (Å²) in [7, 11) is 0. The van der Waals surface area contributed by atoms with Gasteiger partial charge in [-0.05, 0) is 37.1 Å². The Hall–Kier alpha value is -2.73. The Kier molecular flexibility index (Phi) is 4.56. The number of thiazole rings is 1. The third kappa shape index (κ3) is 3.40. The number of amides is 1. The maximum Gasteiger partial charge on any atom is 0.222 e. The van der Waals surface area contributed by atoms with Crippen LogP contribution in [0.1, 0.15) is 36.1 Å². The molecule has 1 aliphatic rings. The first-order valence-electron chi connectivity index (χ1n) is 9.74. The minimum absolute atomic E-state index is 0.218. The van der Waals surface area contributed by atoms with Gasteiger partial charge in [0.1, 0.15) is 5.52 Å².